The maximum absolute atomic E-state index is 11.8. The number of carbonyl (C=O) groups is 2. The number of hydrogen-bond donors (Lipinski definition) is 0. The van der Waals surface area contributed by atoms with Gasteiger partial charge in [-0.15, -0.1) is 0 Å². The van der Waals surface area contributed by atoms with Crippen LogP contribution in [0.2, 0.25) is 0 Å². The molecule has 0 aliphatic rings. The van der Waals surface area contributed by atoms with E-state index in [9.17, 15) is 9.59 Å². The van der Waals surface area contributed by atoms with Crippen LogP contribution in [0.15, 0.2) is 0 Å². The molecule has 0 amide bonds. The van der Waals surface area contributed by atoms with Crippen molar-refractivity contribution in [3.8, 4) is 0 Å². The predicted molar refractivity (Wildman–Crippen MR) is 70.0 cm³/mol. The van der Waals surface area contributed by atoms with E-state index >= 15 is 0 Å². The maximum Gasteiger partial charge on any atom is 0.320 e. The molecule has 0 aliphatic heterocycles. The zero-order chi connectivity index (χ0) is 14.1. The van der Waals surface area contributed by atoms with Crippen LogP contribution in [0.5, 0.6) is 0 Å². The molecule has 106 valence electrons. The highest BCUT2D eigenvalue weighted by Crippen LogP contribution is 2.21. The van der Waals surface area contributed by atoms with Gasteiger partial charge in [0.05, 0.1) is 13.2 Å². The fraction of sp³-hybridized carbons (Fsp3) is 0.857. The molecular weight excluding hydrogens is 232 g/mol. The second-order valence-electron chi connectivity index (χ2n) is 5.03. The number of hydrogen-bond acceptors (Lipinski definition) is 4. The second-order valence-corrected chi connectivity index (χ2v) is 5.03. The summed E-state index contributed by atoms with van der Waals surface area (Å²) in [6.07, 6.45) is 1.48. The van der Waals surface area contributed by atoms with E-state index in [1.807, 2.05) is 6.92 Å². The molecule has 0 bridgehead atoms. The maximum atomic E-state index is 11.8. The van der Waals surface area contributed by atoms with Crippen molar-refractivity contribution in [2.45, 2.75) is 47.5 Å². The van der Waals surface area contributed by atoms with Gasteiger partial charge in [-0.3, -0.25) is 9.59 Å². The van der Waals surface area contributed by atoms with Gasteiger partial charge in [0, 0.05) is 0 Å². The Kier molecular flexibility index (Phi) is 8.42. The minimum Gasteiger partial charge on any atom is -0.465 e. The first-order valence-electron chi connectivity index (χ1n) is 6.75. The topological polar surface area (TPSA) is 52.6 Å². The van der Waals surface area contributed by atoms with Crippen LogP contribution in [0.1, 0.15) is 47.5 Å². The lowest BCUT2D eigenvalue weighted by molar-refractivity contribution is -0.162. The number of esters is 2. The summed E-state index contributed by atoms with van der Waals surface area (Å²) in [6.45, 7) is 10.3. The molecule has 0 spiro atoms. The average molecular weight is 258 g/mol. The number of rotatable bonds is 8. The van der Waals surface area contributed by atoms with E-state index in [1.165, 1.54) is 0 Å². The van der Waals surface area contributed by atoms with Gasteiger partial charge in [-0.25, -0.2) is 0 Å². The summed E-state index contributed by atoms with van der Waals surface area (Å²) < 4.78 is 9.88. The highest BCUT2D eigenvalue weighted by molar-refractivity contribution is 5.94. The van der Waals surface area contributed by atoms with Crippen LogP contribution in [-0.4, -0.2) is 25.2 Å². The van der Waals surface area contributed by atoms with Crippen molar-refractivity contribution in [1.82, 2.24) is 0 Å². The van der Waals surface area contributed by atoms with Crippen LogP contribution in [0.3, 0.4) is 0 Å². The fourth-order valence-electron chi connectivity index (χ4n) is 2.08. The highest BCUT2D eigenvalue weighted by Gasteiger charge is 2.31. The van der Waals surface area contributed by atoms with Crippen molar-refractivity contribution in [2.75, 3.05) is 13.2 Å². The van der Waals surface area contributed by atoms with Gasteiger partial charge in [-0.05, 0) is 38.5 Å². The molecule has 1 atom stereocenters. The van der Waals surface area contributed by atoms with Gasteiger partial charge >= 0.3 is 11.9 Å². The van der Waals surface area contributed by atoms with E-state index < -0.39 is 17.9 Å². The lowest BCUT2D eigenvalue weighted by Gasteiger charge is -2.19. The Balaban J connectivity index is 4.55. The lowest BCUT2D eigenvalue weighted by Crippen LogP contribution is -2.30. The van der Waals surface area contributed by atoms with E-state index in [0.29, 0.717) is 18.3 Å². The average Bonchev–Trinajstić information content (AvgIpc) is 2.25. The molecule has 1 unspecified atom stereocenters. The summed E-state index contributed by atoms with van der Waals surface area (Å²) in [5, 5.41) is 0. The fourth-order valence-corrected chi connectivity index (χ4v) is 2.08. The largest absolute Gasteiger partial charge is 0.465 e. The van der Waals surface area contributed by atoms with Crippen molar-refractivity contribution in [3.05, 3.63) is 0 Å². The summed E-state index contributed by atoms with van der Waals surface area (Å²) >= 11 is 0. The Hall–Kier alpha value is -1.06. The van der Waals surface area contributed by atoms with Gasteiger partial charge in [0.2, 0.25) is 0 Å². The van der Waals surface area contributed by atoms with Crippen LogP contribution in [0, 0.1) is 17.8 Å². The first-order valence-corrected chi connectivity index (χ1v) is 6.75. The highest BCUT2D eigenvalue weighted by atomic mass is 16.6. The van der Waals surface area contributed by atoms with Crippen molar-refractivity contribution in [1.29, 1.82) is 0 Å². The summed E-state index contributed by atoms with van der Waals surface area (Å²) in [4.78, 5) is 23.5. The molecule has 0 aliphatic carbocycles. The Morgan fingerprint density at radius 2 is 1.33 bits per heavy atom. The van der Waals surface area contributed by atoms with Gasteiger partial charge in [0.15, 0.2) is 5.92 Å². The van der Waals surface area contributed by atoms with Crippen molar-refractivity contribution >= 4 is 11.9 Å². The minimum atomic E-state index is -0.779. The molecule has 0 aromatic rings. The van der Waals surface area contributed by atoms with Gasteiger partial charge in [0.25, 0.3) is 0 Å². The summed E-state index contributed by atoms with van der Waals surface area (Å²) in [5.41, 5.74) is 0. The van der Waals surface area contributed by atoms with Crippen LogP contribution < -0.4 is 0 Å². The van der Waals surface area contributed by atoms with E-state index in [-0.39, 0.29) is 13.2 Å². The molecule has 0 radical (unpaired) electrons. The quantitative estimate of drug-likeness (QED) is 0.496. The van der Waals surface area contributed by atoms with E-state index in [2.05, 4.69) is 13.8 Å². The van der Waals surface area contributed by atoms with Crippen LogP contribution in [0.25, 0.3) is 0 Å². The Morgan fingerprint density at radius 1 is 0.889 bits per heavy atom. The zero-order valence-corrected chi connectivity index (χ0v) is 12.2. The molecule has 0 rings (SSSR count). The molecule has 0 fully saturated rings. The molecule has 0 saturated heterocycles. The SMILES string of the molecule is CCOC(=O)C(CC(C)CC(C)C)C(=O)OCC. The molecule has 0 aromatic carbocycles. The third-order valence-corrected chi connectivity index (χ3v) is 2.65. The van der Waals surface area contributed by atoms with Crippen molar-refractivity contribution in [3.63, 3.8) is 0 Å². The Morgan fingerprint density at radius 3 is 1.67 bits per heavy atom. The summed E-state index contributed by atoms with van der Waals surface area (Å²) in [6, 6.07) is 0. The monoisotopic (exact) mass is 258 g/mol. The molecule has 18 heavy (non-hydrogen) atoms. The molecule has 0 N–H and O–H groups in total. The number of carbonyl (C=O) groups excluding carboxylic acids is 2. The normalized spacial score (nSPS) is 12.6. The summed E-state index contributed by atoms with van der Waals surface area (Å²) in [7, 11) is 0. The van der Waals surface area contributed by atoms with E-state index in [0.717, 1.165) is 6.42 Å². The van der Waals surface area contributed by atoms with Gasteiger partial charge in [-0.1, -0.05) is 20.8 Å². The van der Waals surface area contributed by atoms with Crippen LogP contribution in [-0.2, 0) is 19.1 Å². The lowest BCUT2D eigenvalue weighted by atomic mass is 9.89. The molecule has 0 heterocycles. The minimum absolute atomic E-state index is 0.285. The smallest absolute Gasteiger partial charge is 0.320 e. The van der Waals surface area contributed by atoms with E-state index in [4.69, 9.17) is 9.47 Å². The predicted octanol–water partition coefficient (Wildman–Crippen LogP) is 2.80. The van der Waals surface area contributed by atoms with Crippen LogP contribution >= 0.6 is 0 Å². The summed E-state index contributed by atoms with van der Waals surface area (Å²) in [5.74, 6) is -0.870. The van der Waals surface area contributed by atoms with Crippen molar-refractivity contribution < 1.29 is 19.1 Å². The standard InChI is InChI=1S/C14H26O4/c1-6-17-13(15)12(14(16)18-7-2)9-11(5)8-10(3)4/h10-12H,6-9H2,1-5H3. The molecule has 0 saturated carbocycles. The first-order chi connectivity index (χ1) is 8.42. The molecular formula is C14H26O4. The Labute approximate surface area is 110 Å². The van der Waals surface area contributed by atoms with Gasteiger partial charge in [-0.2, -0.15) is 0 Å². The second kappa shape index (κ2) is 8.95. The van der Waals surface area contributed by atoms with Gasteiger partial charge < -0.3 is 9.47 Å². The third-order valence-electron chi connectivity index (χ3n) is 2.65. The first kappa shape index (κ1) is 16.9. The van der Waals surface area contributed by atoms with E-state index in [1.54, 1.807) is 13.8 Å². The van der Waals surface area contributed by atoms with Crippen LogP contribution in [0.4, 0.5) is 0 Å². The zero-order valence-electron chi connectivity index (χ0n) is 12.2. The number of ether oxygens (including phenoxy) is 2. The Bertz CT molecular complexity index is 243. The molecule has 4 heteroatoms. The molecule has 0 aromatic heterocycles. The van der Waals surface area contributed by atoms with Gasteiger partial charge in [0.1, 0.15) is 0 Å². The third kappa shape index (κ3) is 6.62. The van der Waals surface area contributed by atoms with Crippen molar-refractivity contribution in [2.24, 2.45) is 17.8 Å². The molecule has 4 nitrogen and oxygen atoms in total.